The average Bonchev–Trinajstić information content (AvgIpc) is 3.23. The fourth-order valence-corrected chi connectivity index (χ4v) is 7.68. The molecule has 10 aromatic rings. The lowest BCUT2D eigenvalue weighted by atomic mass is 9.91. The Morgan fingerprint density at radius 3 is 1.31 bits per heavy atom. The number of rotatable bonds is 5. The van der Waals surface area contributed by atoms with Crippen molar-refractivity contribution >= 4 is 43.2 Å². The second-order valence-electron chi connectivity index (χ2n) is 13.4. The monoisotopic (exact) mass is 660 g/mol. The van der Waals surface area contributed by atoms with Crippen LogP contribution in [0.25, 0.3) is 99.2 Å². The van der Waals surface area contributed by atoms with Crippen molar-refractivity contribution in [2.75, 3.05) is 0 Å². The van der Waals surface area contributed by atoms with Gasteiger partial charge in [0.2, 0.25) is 0 Å². The molecular weight excluding hydrogens is 629 g/mol. The average molecular weight is 661 g/mol. The quantitative estimate of drug-likeness (QED) is 0.172. The molecule has 0 N–H and O–H groups in total. The number of benzene rings is 9. The molecule has 2 heteroatoms. The molecule has 2 nitrogen and oxygen atoms in total. The molecule has 0 saturated heterocycles. The van der Waals surface area contributed by atoms with Crippen molar-refractivity contribution in [2.24, 2.45) is 0 Å². The van der Waals surface area contributed by atoms with E-state index in [1.807, 2.05) is 12.1 Å². The summed E-state index contributed by atoms with van der Waals surface area (Å²) in [6, 6.07) is 69.3. The Labute approximate surface area is 302 Å². The summed E-state index contributed by atoms with van der Waals surface area (Å²) in [5.41, 5.74) is 11.0. The van der Waals surface area contributed by atoms with Gasteiger partial charge in [-0.05, 0) is 90.0 Å². The maximum Gasteiger partial charge on any atom is 0.160 e. The van der Waals surface area contributed by atoms with Gasteiger partial charge in [-0.1, -0.05) is 170 Å². The highest BCUT2D eigenvalue weighted by Gasteiger charge is 2.14. The van der Waals surface area contributed by atoms with Crippen LogP contribution in [0, 0.1) is 0 Å². The summed E-state index contributed by atoms with van der Waals surface area (Å²) < 4.78 is 0. The first-order valence-electron chi connectivity index (χ1n) is 17.7. The van der Waals surface area contributed by atoms with E-state index in [4.69, 9.17) is 9.97 Å². The zero-order chi connectivity index (χ0) is 34.4. The molecule has 52 heavy (non-hydrogen) atoms. The summed E-state index contributed by atoms with van der Waals surface area (Å²) in [6.07, 6.45) is 0. The molecule has 0 bridgehead atoms. The summed E-state index contributed by atoms with van der Waals surface area (Å²) in [5, 5.41) is 8.76. The Balaban J connectivity index is 1.05. The molecular formula is C50H32N2. The molecule has 10 rings (SSSR count). The Morgan fingerprint density at radius 2 is 0.654 bits per heavy atom. The SMILES string of the molecule is c1ccc(-c2ccc(-c3nc(-c4cccc(-c5cccc(-c6ccc7c8ccccc8c8ccccc8c7c6)c5)c4)c4ccccc4n3)cc2)cc1. The molecule has 9 aromatic carbocycles. The first kappa shape index (κ1) is 30.0. The van der Waals surface area contributed by atoms with E-state index in [2.05, 4.69) is 182 Å². The lowest BCUT2D eigenvalue weighted by Gasteiger charge is -2.13. The summed E-state index contributed by atoms with van der Waals surface area (Å²) in [4.78, 5) is 10.2. The van der Waals surface area contributed by atoms with Gasteiger partial charge >= 0.3 is 0 Å². The van der Waals surface area contributed by atoms with Gasteiger partial charge in [0.1, 0.15) is 0 Å². The van der Waals surface area contributed by atoms with E-state index in [9.17, 15) is 0 Å². The van der Waals surface area contributed by atoms with Crippen molar-refractivity contribution < 1.29 is 0 Å². The Hall–Kier alpha value is -6.90. The maximum absolute atomic E-state index is 5.21. The summed E-state index contributed by atoms with van der Waals surface area (Å²) >= 11 is 0. The predicted octanol–water partition coefficient (Wildman–Crippen LogP) is 13.4. The largest absolute Gasteiger partial charge is 0.228 e. The molecule has 0 atom stereocenters. The Morgan fingerprint density at radius 1 is 0.231 bits per heavy atom. The molecule has 0 unspecified atom stereocenters. The van der Waals surface area contributed by atoms with E-state index >= 15 is 0 Å². The molecule has 1 heterocycles. The molecule has 0 aliphatic carbocycles. The minimum absolute atomic E-state index is 0.720. The second-order valence-corrected chi connectivity index (χ2v) is 13.4. The third kappa shape index (κ3) is 5.21. The van der Waals surface area contributed by atoms with Crippen LogP contribution in [0.3, 0.4) is 0 Å². The number of aromatic nitrogens is 2. The molecule has 0 spiro atoms. The third-order valence-corrected chi connectivity index (χ3v) is 10.3. The van der Waals surface area contributed by atoms with Gasteiger partial charge in [0.15, 0.2) is 5.82 Å². The fourth-order valence-electron chi connectivity index (χ4n) is 7.68. The normalized spacial score (nSPS) is 11.5. The molecule has 242 valence electrons. The minimum Gasteiger partial charge on any atom is -0.228 e. The van der Waals surface area contributed by atoms with Gasteiger partial charge in [-0.15, -0.1) is 0 Å². The van der Waals surface area contributed by atoms with Gasteiger partial charge in [-0.2, -0.15) is 0 Å². The van der Waals surface area contributed by atoms with Gasteiger partial charge in [0.25, 0.3) is 0 Å². The highest BCUT2D eigenvalue weighted by Crippen LogP contribution is 2.38. The number of fused-ring (bicyclic) bond motifs is 7. The van der Waals surface area contributed by atoms with Crippen molar-refractivity contribution in [2.45, 2.75) is 0 Å². The van der Waals surface area contributed by atoms with E-state index in [0.29, 0.717) is 0 Å². The summed E-state index contributed by atoms with van der Waals surface area (Å²) in [6.45, 7) is 0. The molecule has 0 radical (unpaired) electrons. The topological polar surface area (TPSA) is 25.8 Å². The first-order valence-corrected chi connectivity index (χ1v) is 17.7. The minimum atomic E-state index is 0.720. The van der Waals surface area contributed by atoms with Crippen molar-refractivity contribution in [3.8, 4) is 56.0 Å². The van der Waals surface area contributed by atoms with Crippen molar-refractivity contribution in [1.82, 2.24) is 9.97 Å². The predicted molar refractivity (Wildman–Crippen MR) is 219 cm³/mol. The highest BCUT2D eigenvalue weighted by atomic mass is 14.9. The second kappa shape index (κ2) is 12.5. The van der Waals surface area contributed by atoms with Crippen LogP contribution in [0.1, 0.15) is 0 Å². The van der Waals surface area contributed by atoms with Crippen LogP contribution >= 0.6 is 0 Å². The van der Waals surface area contributed by atoms with Gasteiger partial charge < -0.3 is 0 Å². The molecule has 0 aliphatic rings. The maximum atomic E-state index is 5.21. The van der Waals surface area contributed by atoms with E-state index in [0.717, 1.165) is 44.7 Å². The lowest BCUT2D eigenvalue weighted by molar-refractivity contribution is 1.23. The van der Waals surface area contributed by atoms with Crippen LogP contribution in [0.15, 0.2) is 194 Å². The zero-order valence-corrected chi connectivity index (χ0v) is 28.4. The standard InChI is InChI=1S/C50H32N2/c1-2-12-33(13-3-1)34-24-26-35(27-25-34)50-51-48-23-9-8-22-46(48)49(52-50)40-17-11-16-38(31-40)36-14-10-15-37(30-36)39-28-29-45-43-20-5-4-18-41(43)42-19-6-7-21-44(42)47(45)32-39/h1-32H. The van der Waals surface area contributed by atoms with E-state index < -0.39 is 0 Å². The van der Waals surface area contributed by atoms with Crippen molar-refractivity contribution in [3.05, 3.63) is 194 Å². The van der Waals surface area contributed by atoms with Gasteiger partial charge in [-0.25, -0.2) is 9.97 Å². The number of para-hydroxylation sites is 1. The highest BCUT2D eigenvalue weighted by molar-refractivity contribution is 6.25. The molecule has 0 saturated carbocycles. The van der Waals surface area contributed by atoms with Crippen molar-refractivity contribution in [1.29, 1.82) is 0 Å². The fraction of sp³-hybridized carbons (Fsp3) is 0. The summed E-state index contributed by atoms with van der Waals surface area (Å²) in [7, 11) is 0. The zero-order valence-electron chi connectivity index (χ0n) is 28.4. The van der Waals surface area contributed by atoms with Crippen LogP contribution in [0.4, 0.5) is 0 Å². The van der Waals surface area contributed by atoms with Gasteiger partial charge in [0, 0.05) is 16.5 Å². The van der Waals surface area contributed by atoms with Crippen LogP contribution in [0.2, 0.25) is 0 Å². The van der Waals surface area contributed by atoms with E-state index in [1.165, 1.54) is 54.6 Å². The smallest absolute Gasteiger partial charge is 0.160 e. The Kier molecular flexibility index (Phi) is 7.18. The van der Waals surface area contributed by atoms with Crippen molar-refractivity contribution in [3.63, 3.8) is 0 Å². The molecule has 1 aromatic heterocycles. The van der Waals surface area contributed by atoms with E-state index in [1.54, 1.807) is 0 Å². The van der Waals surface area contributed by atoms with Gasteiger partial charge in [0.05, 0.1) is 11.2 Å². The molecule has 0 aliphatic heterocycles. The number of nitrogens with zero attached hydrogens (tertiary/aromatic N) is 2. The Bertz CT molecular complexity index is 2910. The molecule has 0 fully saturated rings. The first-order chi connectivity index (χ1) is 25.8. The number of hydrogen-bond acceptors (Lipinski definition) is 2. The molecule has 0 amide bonds. The van der Waals surface area contributed by atoms with Crippen LogP contribution < -0.4 is 0 Å². The van der Waals surface area contributed by atoms with Crippen LogP contribution in [-0.4, -0.2) is 9.97 Å². The van der Waals surface area contributed by atoms with Gasteiger partial charge in [-0.3, -0.25) is 0 Å². The summed E-state index contributed by atoms with van der Waals surface area (Å²) in [5.74, 6) is 0.720. The van der Waals surface area contributed by atoms with Crippen LogP contribution in [0.5, 0.6) is 0 Å². The van der Waals surface area contributed by atoms with E-state index in [-0.39, 0.29) is 0 Å². The number of hydrogen-bond donors (Lipinski definition) is 0. The van der Waals surface area contributed by atoms with Crippen LogP contribution in [-0.2, 0) is 0 Å². The lowest BCUT2D eigenvalue weighted by Crippen LogP contribution is -1.95. The third-order valence-electron chi connectivity index (χ3n) is 10.3.